The molecule has 0 atom stereocenters. The molecule has 4 aromatic carbocycles. The highest BCUT2D eigenvalue weighted by Crippen LogP contribution is 2.38. The number of nitrogens with two attached hydrogens (primary N) is 1. The van der Waals surface area contributed by atoms with Crippen molar-refractivity contribution in [3.8, 4) is 22.3 Å². The van der Waals surface area contributed by atoms with E-state index < -0.39 is 11.9 Å². The number of aryl methyl sites for hydroxylation is 2. The van der Waals surface area contributed by atoms with Crippen molar-refractivity contribution in [3.05, 3.63) is 143 Å². The molecule has 0 spiro atoms. The van der Waals surface area contributed by atoms with Crippen molar-refractivity contribution >= 4 is 84.0 Å². The number of anilines is 4. The van der Waals surface area contributed by atoms with Crippen LogP contribution in [0.2, 0.25) is 0 Å². The van der Waals surface area contributed by atoms with Gasteiger partial charge in [0.1, 0.15) is 45.6 Å². The van der Waals surface area contributed by atoms with E-state index in [1.54, 1.807) is 59.6 Å². The van der Waals surface area contributed by atoms with Crippen LogP contribution >= 0.6 is 22.7 Å². The highest BCUT2D eigenvalue weighted by Gasteiger charge is 2.15. The zero-order valence-corrected chi connectivity index (χ0v) is 37.0. The zero-order chi connectivity index (χ0) is 45.4. The summed E-state index contributed by atoms with van der Waals surface area (Å²) in [5.74, 6) is -0.0791. The van der Waals surface area contributed by atoms with Gasteiger partial charge in [-0.05, 0) is 96.5 Å². The fourth-order valence-corrected chi connectivity index (χ4v) is 8.38. The average Bonchev–Trinajstić information content (AvgIpc) is 3.92. The van der Waals surface area contributed by atoms with E-state index in [0.29, 0.717) is 0 Å². The number of carbonyl (C=O) groups is 3. The Balaban J connectivity index is 0.000000186. The van der Waals surface area contributed by atoms with Crippen LogP contribution in [0.25, 0.3) is 42.7 Å². The molecule has 0 aliphatic rings. The third-order valence-electron chi connectivity index (χ3n) is 9.46. The zero-order valence-electron chi connectivity index (χ0n) is 35.4. The van der Waals surface area contributed by atoms with Gasteiger partial charge in [0.15, 0.2) is 0 Å². The summed E-state index contributed by atoms with van der Waals surface area (Å²) < 4.78 is 30.5. The molecule has 4 aromatic heterocycles. The minimum absolute atomic E-state index is 0.0726. The first kappa shape index (κ1) is 46.3. The summed E-state index contributed by atoms with van der Waals surface area (Å²) in [6.07, 6.45) is 6.93. The molecule has 8 rings (SSSR count). The van der Waals surface area contributed by atoms with Crippen molar-refractivity contribution in [1.29, 1.82) is 0 Å². The van der Waals surface area contributed by atoms with Crippen molar-refractivity contribution in [2.24, 2.45) is 0 Å². The molecule has 1 amide bonds. The molecule has 0 saturated carbocycles. The first-order chi connectivity index (χ1) is 30.9. The Labute approximate surface area is 377 Å². The summed E-state index contributed by atoms with van der Waals surface area (Å²) in [6.45, 7) is 5.43. The molecule has 5 N–H and O–H groups in total. The molecule has 64 heavy (non-hydrogen) atoms. The van der Waals surface area contributed by atoms with Gasteiger partial charge in [0.05, 0.1) is 10.8 Å². The molecular formula is C48H46F2N8O4S2. The monoisotopic (exact) mass is 900 g/mol. The third-order valence-corrected chi connectivity index (χ3v) is 11.2. The molecule has 328 valence electrons. The van der Waals surface area contributed by atoms with E-state index in [2.05, 4.69) is 52.8 Å². The number of carbonyl (C=O) groups excluding carboxylic acids is 3. The quantitative estimate of drug-likeness (QED) is 0.0375. The molecule has 12 nitrogen and oxygen atoms in total. The van der Waals surface area contributed by atoms with Gasteiger partial charge in [-0.2, -0.15) is 0 Å². The van der Waals surface area contributed by atoms with Crippen LogP contribution in [0.5, 0.6) is 0 Å². The number of benzene rings is 4. The van der Waals surface area contributed by atoms with Gasteiger partial charge >= 0.3 is 11.9 Å². The smallest absolute Gasteiger partial charge is 0.310 e. The van der Waals surface area contributed by atoms with E-state index in [-0.39, 0.29) is 17.5 Å². The summed E-state index contributed by atoms with van der Waals surface area (Å²) >= 11 is 3.12. The molecule has 0 fully saturated rings. The number of aromatic nitrogens is 4. The van der Waals surface area contributed by atoms with Crippen molar-refractivity contribution in [1.82, 2.24) is 19.9 Å². The Kier molecular flexibility index (Phi) is 16.5. The highest BCUT2D eigenvalue weighted by atomic mass is 32.1. The Bertz CT molecular complexity index is 2790. The number of hydrogen-bond donors (Lipinski definition) is 4. The fraction of sp³-hybridized carbons (Fsp3) is 0.188. The van der Waals surface area contributed by atoms with E-state index in [1.165, 1.54) is 56.2 Å². The van der Waals surface area contributed by atoms with Gasteiger partial charge in [0, 0.05) is 67.1 Å². The van der Waals surface area contributed by atoms with Crippen molar-refractivity contribution in [2.75, 3.05) is 34.8 Å². The Morgan fingerprint density at radius 1 is 0.594 bits per heavy atom. The first-order valence-corrected chi connectivity index (χ1v) is 22.0. The molecule has 0 radical (unpaired) electrons. The fourth-order valence-electron chi connectivity index (χ4n) is 6.55. The lowest BCUT2D eigenvalue weighted by molar-refractivity contribution is -0.156. The van der Waals surface area contributed by atoms with Crippen LogP contribution < -0.4 is 21.7 Å². The molecule has 0 aliphatic carbocycles. The maximum atomic E-state index is 13.3. The summed E-state index contributed by atoms with van der Waals surface area (Å²) in [5.41, 5.74) is 13.7. The van der Waals surface area contributed by atoms with Crippen LogP contribution in [0.1, 0.15) is 44.7 Å². The lowest BCUT2D eigenvalue weighted by Crippen LogP contribution is -2.06. The lowest BCUT2D eigenvalue weighted by atomic mass is 10.1. The number of nitrogens with one attached hydrogen (secondary N) is 3. The molecule has 8 aromatic rings. The first-order valence-electron chi connectivity index (χ1n) is 20.3. The predicted molar refractivity (Wildman–Crippen MR) is 253 cm³/mol. The van der Waals surface area contributed by atoms with E-state index >= 15 is 0 Å². The van der Waals surface area contributed by atoms with Crippen molar-refractivity contribution in [3.63, 3.8) is 0 Å². The second kappa shape index (κ2) is 22.8. The van der Waals surface area contributed by atoms with Crippen LogP contribution in [0.15, 0.2) is 120 Å². The highest BCUT2D eigenvalue weighted by molar-refractivity contribution is 7.17. The molecular weight excluding hydrogens is 855 g/mol. The average molecular weight is 901 g/mol. The maximum Gasteiger partial charge on any atom is 0.310 e. The summed E-state index contributed by atoms with van der Waals surface area (Å²) in [6, 6.07) is 28.9. The maximum absolute atomic E-state index is 13.3. The number of thiophene rings is 2. The van der Waals surface area contributed by atoms with Crippen molar-refractivity contribution < 1.29 is 27.9 Å². The largest absolute Gasteiger partial charge is 0.399 e. The van der Waals surface area contributed by atoms with E-state index in [4.69, 9.17) is 5.73 Å². The second-order valence-corrected chi connectivity index (χ2v) is 16.1. The molecule has 0 aliphatic heterocycles. The van der Waals surface area contributed by atoms with Gasteiger partial charge in [-0.1, -0.05) is 48.5 Å². The van der Waals surface area contributed by atoms with Crippen LogP contribution in [0.3, 0.4) is 0 Å². The third kappa shape index (κ3) is 13.4. The van der Waals surface area contributed by atoms with Crippen LogP contribution in [-0.4, -0.2) is 50.9 Å². The van der Waals surface area contributed by atoms with E-state index in [0.717, 1.165) is 104 Å². The Morgan fingerprint density at radius 3 is 1.41 bits per heavy atom. The van der Waals surface area contributed by atoms with E-state index in [9.17, 15) is 23.2 Å². The van der Waals surface area contributed by atoms with Crippen LogP contribution in [-0.2, 0) is 32.0 Å². The molecule has 0 unspecified atom stereocenters. The normalized spacial score (nSPS) is 10.6. The lowest BCUT2D eigenvalue weighted by Gasteiger charge is -2.09. The van der Waals surface area contributed by atoms with Gasteiger partial charge in [-0.25, -0.2) is 28.7 Å². The second-order valence-electron chi connectivity index (χ2n) is 14.4. The van der Waals surface area contributed by atoms with Crippen LogP contribution in [0.4, 0.5) is 31.8 Å². The molecule has 4 heterocycles. The van der Waals surface area contributed by atoms with Gasteiger partial charge in [0.2, 0.25) is 5.91 Å². The van der Waals surface area contributed by atoms with Gasteiger partial charge in [0.25, 0.3) is 0 Å². The number of nitrogens with zero attached hydrogens (tertiary/aromatic N) is 4. The summed E-state index contributed by atoms with van der Waals surface area (Å²) in [4.78, 5) is 50.2. The minimum atomic E-state index is -0.562. The number of rotatable bonds is 13. The standard InChI is InChI=1S/C23H21FN4OS.C21H19FN4S.C4H6O3/c1-15(29)28-19-10-4-16(5-11-19)3-2-12-25-22-21-20(13-30-23(21)27-14-26-22)17-6-8-18(24)9-7-17;22-16-7-5-15(6-8-16)18-12-27-21-19(18)20(25-13-26-21)24-11-1-2-14-3-9-17(23)10-4-14;1-3(5)7-4(2)6/h4-11,13-14H,2-3,12H2,1H3,(H,28,29)(H,25,26,27);3-10,12-13H,1-2,11,23H2,(H,24,25,26);1-2H3. The number of fused-ring (bicyclic) bond motifs is 2. The summed E-state index contributed by atoms with van der Waals surface area (Å²) in [7, 11) is 0. The van der Waals surface area contributed by atoms with Crippen molar-refractivity contribution in [2.45, 2.75) is 46.5 Å². The van der Waals surface area contributed by atoms with Gasteiger partial charge < -0.3 is 26.4 Å². The number of nitrogen functional groups attached to an aromatic ring is 1. The molecule has 0 saturated heterocycles. The van der Waals surface area contributed by atoms with E-state index in [1.807, 2.05) is 47.2 Å². The minimum Gasteiger partial charge on any atom is -0.399 e. The SMILES string of the molecule is CC(=O)Nc1ccc(CCCNc2ncnc3scc(-c4ccc(F)cc4)c23)cc1.CC(=O)OC(C)=O.Nc1ccc(CCCNc2ncnc3scc(-c4ccc(F)cc4)c23)cc1. The number of halogens is 2. The van der Waals surface area contributed by atoms with Gasteiger partial charge in [-0.15, -0.1) is 22.7 Å². The molecule has 0 bridgehead atoms. The number of amides is 1. The Morgan fingerprint density at radius 2 is 1.02 bits per heavy atom. The summed E-state index contributed by atoms with van der Waals surface area (Å²) in [5, 5.41) is 15.7. The molecule has 16 heteroatoms. The number of hydrogen-bond acceptors (Lipinski definition) is 13. The number of esters is 2. The number of ether oxygens (including phenoxy) is 1. The van der Waals surface area contributed by atoms with Gasteiger partial charge in [-0.3, -0.25) is 14.4 Å². The van der Waals surface area contributed by atoms with Crippen LogP contribution in [0, 0.1) is 11.6 Å². The predicted octanol–water partition coefficient (Wildman–Crippen LogP) is 10.7. The topological polar surface area (TPSA) is 174 Å². The Hall–Kier alpha value is -7.17.